The molecule has 1 aromatic heterocycles. The topological polar surface area (TPSA) is 66.0 Å². The Hall–Kier alpha value is -1.40. The lowest BCUT2D eigenvalue weighted by atomic mass is 10.2. The van der Waals surface area contributed by atoms with Crippen molar-refractivity contribution in [2.75, 3.05) is 12.8 Å². The summed E-state index contributed by atoms with van der Waals surface area (Å²) in [5, 5.41) is 9.66. The Kier molecular flexibility index (Phi) is 3.76. The summed E-state index contributed by atoms with van der Waals surface area (Å²) in [5.41, 5.74) is 6.90. The predicted molar refractivity (Wildman–Crippen MR) is 80.3 cm³/mol. The number of nitrogens with two attached hydrogens (primary N) is 1. The minimum atomic E-state index is 0.466. The Bertz CT molecular complexity index is 627. The third kappa shape index (κ3) is 2.71. The molecule has 0 unspecified atom stereocenters. The highest BCUT2D eigenvalue weighted by molar-refractivity contribution is 7.98. The highest BCUT2D eigenvalue weighted by Crippen LogP contribution is 2.40. The number of nitrogens with zero attached hydrogens (tertiary/aromatic N) is 3. The number of nitrogen functional groups attached to an aromatic ring is 1. The molecule has 0 spiro atoms. The molecule has 2 aromatic rings. The first-order valence-electron chi connectivity index (χ1n) is 6.34. The molecule has 106 valence electrons. The number of aromatic nitrogens is 3. The van der Waals surface area contributed by atoms with Gasteiger partial charge in [-0.25, -0.2) is 0 Å². The van der Waals surface area contributed by atoms with E-state index < -0.39 is 0 Å². The molecular weight excluding hydrogens is 296 g/mol. The van der Waals surface area contributed by atoms with Gasteiger partial charge in [0.2, 0.25) is 5.95 Å². The van der Waals surface area contributed by atoms with Crippen molar-refractivity contribution >= 4 is 29.3 Å². The molecule has 0 aliphatic heterocycles. The molecule has 0 amide bonds. The minimum absolute atomic E-state index is 0.466. The second-order valence-corrected chi connectivity index (χ2v) is 6.07. The average Bonchev–Trinajstić information content (AvgIpc) is 3.20. The third-order valence-corrected chi connectivity index (χ3v) is 4.43. The van der Waals surface area contributed by atoms with Crippen molar-refractivity contribution in [1.82, 2.24) is 14.8 Å². The van der Waals surface area contributed by atoms with E-state index in [-0.39, 0.29) is 0 Å². The van der Waals surface area contributed by atoms with Crippen LogP contribution < -0.4 is 10.5 Å². The van der Waals surface area contributed by atoms with Crippen molar-refractivity contribution in [3.8, 4) is 5.75 Å². The molecule has 1 fully saturated rings. The van der Waals surface area contributed by atoms with Crippen LogP contribution in [0.3, 0.4) is 0 Å². The fourth-order valence-corrected chi connectivity index (χ4v) is 3.25. The molecule has 1 aromatic carbocycles. The Morgan fingerprint density at radius 1 is 1.45 bits per heavy atom. The van der Waals surface area contributed by atoms with Crippen LogP contribution in [-0.2, 0) is 5.75 Å². The molecule has 0 saturated heterocycles. The summed E-state index contributed by atoms with van der Waals surface area (Å²) < 4.78 is 7.36. The number of ether oxygens (including phenoxy) is 1. The maximum Gasteiger partial charge on any atom is 0.222 e. The number of hydrogen-bond donors (Lipinski definition) is 1. The fourth-order valence-electron chi connectivity index (χ4n) is 2.06. The molecule has 1 aliphatic carbocycles. The van der Waals surface area contributed by atoms with Crippen molar-refractivity contribution < 1.29 is 4.74 Å². The van der Waals surface area contributed by atoms with Crippen LogP contribution in [0.2, 0.25) is 5.02 Å². The van der Waals surface area contributed by atoms with Gasteiger partial charge in [0.15, 0.2) is 5.16 Å². The van der Waals surface area contributed by atoms with E-state index in [0.29, 0.717) is 22.8 Å². The first-order valence-corrected chi connectivity index (χ1v) is 7.71. The number of thioether (sulfide) groups is 1. The van der Waals surface area contributed by atoms with Gasteiger partial charge in [0.05, 0.1) is 7.11 Å². The molecule has 0 atom stereocenters. The molecule has 20 heavy (non-hydrogen) atoms. The van der Waals surface area contributed by atoms with Crippen molar-refractivity contribution in [1.29, 1.82) is 0 Å². The van der Waals surface area contributed by atoms with Crippen LogP contribution in [0, 0.1) is 0 Å². The van der Waals surface area contributed by atoms with Gasteiger partial charge in [-0.05, 0) is 31.0 Å². The van der Waals surface area contributed by atoms with Gasteiger partial charge in [-0.1, -0.05) is 23.4 Å². The molecule has 5 nitrogen and oxygen atoms in total. The number of benzene rings is 1. The monoisotopic (exact) mass is 310 g/mol. The normalized spacial score (nSPS) is 14.5. The summed E-state index contributed by atoms with van der Waals surface area (Å²) in [6, 6.07) is 6.07. The van der Waals surface area contributed by atoms with Crippen LogP contribution >= 0.6 is 23.4 Å². The van der Waals surface area contributed by atoms with E-state index in [4.69, 9.17) is 22.1 Å². The van der Waals surface area contributed by atoms with Crippen LogP contribution in [0.4, 0.5) is 5.95 Å². The smallest absolute Gasteiger partial charge is 0.222 e. The second-order valence-electron chi connectivity index (χ2n) is 4.69. The van der Waals surface area contributed by atoms with Crippen LogP contribution in [0.1, 0.15) is 24.4 Å². The van der Waals surface area contributed by atoms with E-state index in [2.05, 4.69) is 10.2 Å². The number of hydrogen-bond acceptors (Lipinski definition) is 5. The van der Waals surface area contributed by atoms with Crippen molar-refractivity contribution in [3.05, 3.63) is 28.8 Å². The summed E-state index contributed by atoms with van der Waals surface area (Å²) in [6.45, 7) is 0. The third-order valence-electron chi connectivity index (χ3n) is 3.20. The van der Waals surface area contributed by atoms with Crippen molar-refractivity contribution in [3.63, 3.8) is 0 Å². The van der Waals surface area contributed by atoms with Crippen LogP contribution in [-0.4, -0.2) is 21.9 Å². The molecule has 1 saturated carbocycles. The van der Waals surface area contributed by atoms with Crippen LogP contribution in [0.5, 0.6) is 5.75 Å². The van der Waals surface area contributed by atoms with Gasteiger partial charge in [0.25, 0.3) is 0 Å². The molecule has 0 radical (unpaired) electrons. The van der Waals surface area contributed by atoms with Crippen LogP contribution in [0.15, 0.2) is 23.4 Å². The second kappa shape index (κ2) is 5.54. The highest BCUT2D eigenvalue weighted by Gasteiger charge is 2.28. The van der Waals surface area contributed by atoms with E-state index in [1.807, 2.05) is 22.8 Å². The zero-order valence-corrected chi connectivity index (χ0v) is 12.6. The Balaban J connectivity index is 1.78. The Morgan fingerprint density at radius 2 is 2.25 bits per heavy atom. The van der Waals surface area contributed by atoms with Crippen molar-refractivity contribution in [2.45, 2.75) is 29.8 Å². The highest BCUT2D eigenvalue weighted by atomic mass is 35.5. The zero-order chi connectivity index (χ0) is 14.1. The van der Waals surface area contributed by atoms with Crippen LogP contribution in [0.25, 0.3) is 0 Å². The maximum atomic E-state index is 6.03. The van der Waals surface area contributed by atoms with E-state index >= 15 is 0 Å². The van der Waals surface area contributed by atoms with E-state index in [0.717, 1.165) is 29.3 Å². The lowest BCUT2D eigenvalue weighted by Gasteiger charge is -2.09. The van der Waals surface area contributed by atoms with E-state index in [9.17, 15) is 0 Å². The lowest BCUT2D eigenvalue weighted by Crippen LogP contribution is -2.02. The molecule has 3 rings (SSSR count). The Morgan fingerprint density at radius 3 is 2.95 bits per heavy atom. The van der Waals surface area contributed by atoms with Gasteiger partial charge < -0.3 is 10.5 Å². The van der Waals surface area contributed by atoms with Gasteiger partial charge >= 0.3 is 0 Å². The summed E-state index contributed by atoms with van der Waals surface area (Å²) in [7, 11) is 1.65. The first-order chi connectivity index (χ1) is 9.69. The van der Waals surface area contributed by atoms with Gasteiger partial charge in [-0.15, -0.1) is 10.2 Å². The molecule has 1 aliphatic rings. The van der Waals surface area contributed by atoms with Gasteiger partial charge in [0, 0.05) is 22.4 Å². The molecular formula is C13H15ClN4OS. The average molecular weight is 311 g/mol. The standard InChI is InChI=1S/C13H15ClN4OS/c1-19-11-5-2-9(14)6-8(11)7-20-13-17-16-12(15)18(13)10-3-4-10/h2,5-6,10H,3-4,7H2,1H3,(H2,15,16). The summed E-state index contributed by atoms with van der Waals surface area (Å²) in [5.74, 6) is 2.04. The SMILES string of the molecule is COc1ccc(Cl)cc1CSc1nnc(N)n1C1CC1. The van der Waals surface area contributed by atoms with Gasteiger partial charge in [0.1, 0.15) is 5.75 Å². The minimum Gasteiger partial charge on any atom is -0.496 e. The number of methoxy groups -OCH3 is 1. The molecule has 0 bridgehead atoms. The molecule has 1 heterocycles. The molecule has 2 N–H and O–H groups in total. The number of rotatable bonds is 5. The van der Waals surface area contributed by atoms with Gasteiger partial charge in [-0.2, -0.15) is 0 Å². The number of halogens is 1. The van der Waals surface area contributed by atoms with Gasteiger partial charge in [-0.3, -0.25) is 4.57 Å². The maximum absolute atomic E-state index is 6.03. The molecule has 7 heteroatoms. The summed E-state index contributed by atoms with van der Waals surface area (Å²) >= 11 is 7.63. The predicted octanol–water partition coefficient (Wildman–Crippen LogP) is 3.15. The first kappa shape index (κ1) is 13.6. The fraction of sp³-hybridized carbons (Fsp3) is 0.385. The zero-order valence-electron chi connectivity index (χ0n) is 11.0. The summed E-state index contributed by atoms with van der Waals surface area (Å²) in [4.78, 5) is 0. The Labute approximate surface area is 126 Å². The lowest BCUT2D eigenvalue weighted by molar-refractivity contribution is 0.411. The quantitative estimate of drug-likeness (QED) is 0.859. The van der Waals surface area contributed by atoms with E-state index in [1.165, 1.54) is 0 Å². The largest absolute Gasteiger partial charge is 0.496 e. The summed E-state index contributed by atoms with van der Waals surface area (Å²) in [6.07, 6.45) is 2.30. The van der Waals surface area contributed by atoms with E-state index in [1.54, 1.807) is 18.9 Å². The number of anilines is 1. The van der Waals surface area contributed by atoms with Crippen molar-refractivity contribution in [2.24, 2.45) is 0 Å².